The van der Waals surface area contributed by atoms with Crippen LogP contribution in [0.3, 0.4) is 0 Å². The van der Waals surface area contributed by atoms with Crippen molar-refractivity contribution in [3.05, 3.63) is 40.2 Å². The van der Waals surface area contributed by atoms with E-state index in [4.69, 9.17) is 5.73 Å². The number of nitrogens with zero attached hydrogens (tertiary/aromatic N) is 1. The zero-order chi connectivity index (χ0) is 13.1. The first-order valence-corrected chi connectivity index (χ1v) is 6.98. The molecule has 1 atom stereocenters. The van der Waals surface area contributed by atoms with Crippen molar-refractivity contribution in [1.29, 1.82) is 0 Å². The topological polar surface area (TPSA) is 50.9 Å². The summed E-state index contributed by atoms with van der Waals surface area (Å²) in [5.41, 5.74) is 7.51. The van der Waals surface area contributed by atoms with Crippen molar-refractivity contribution in [3.63, 3.8) is 0 Å². The summed E-state index contributed by atoms with van der Waals surface area (Å²) < 4.78 is 0. The van der Waals surface area contributed by atoms with E-state index >= 15 is 0 Å². The van der Waals surface area contributed by atoms with Gasteiger partial charge in [0.2, 0.25) is 0 Å². The Balaban J connectivity index is 2.24. The summed E-state index contributed by atoms with van der Waals surface area (Å²) in [6.07, 6.45) is 1.70. The van der Waals surface area contributed by atoms with Crippen LogP contribution in [0.15, 0.2) is 29.8 Å². The number of pyridine rings is 1. The molecular weight excluding hydrogens is 242 g/mol. The SMILES string of the molecule is Cc1cc(N)cnc1NC(c1cccs1)C(C)C. The van der Waals surface area contributed by atoms with E-state index in [1.165, 1.54) is 4.88 Å². The fraction of sp³-hybridized carbons (Fsp3) is 0.357. The molecule has 3 N–H and O–H groups in total. The van der Waals surface area contributed by atoms with Gasteiger partial charge >= 0.3 is 0 Å². The minimum atomic E-state index is 0.292. The first-order valence-electron chi connectivity index (χ1n) is 6.10. The maximum atomic E-state index is 5.72. The Bertz CT molecular complexity index is 506. The van der Waals surface area contributed by atoms with E-state index in [-0.39, 0.29) is 0 Å². The molecule has 2 aromatic rings. The highest BCUT2D eigenvalue weighted by Gasteiger charge is 2.17. The number of hydrogen-bond donors (Lipinski definition) is 2. The smallest absolute Gasteiger partial charge is 0.129 e. The third kappa shape index (κ3) is 2.82. The number of aryl methyl sites for hydroxylation is 1. The van der Waals surface area contributed by atoms with Crippen molar-refractivity contribution in [1.82, 2.24) is 4.98 Å². The van der Waals surface area contributed by atoms with Gasteiger partial charge in [-0.3, -0.25) is 0 Å². The zero-order valence-electron chi connectivity index (χ0n) is 11.0. The number of rotatable bonds is 4. The van der Waals surface area contributed by atoms with Gasteiger partial charge in [-0.25, -0.2) is 4.98 Å². The zero-order valence-corrected chi connectivity index (χ0v) is 11.8. The molecule has 4 heteroatoms. The lowest BCUT2D eigenvalue weighted by Gasteiger charge is -2.22. The van der Waals surface area contributed by atoms with Crippen LogP contribution >= 0.6 is 11.3 Å². The van der Waals surface area contributed by atoms with Crippen molar-refractivity contribution in [2.24, 2.45) is 5.92 Å². The number of anilines is 2. The van der Waals surface area contributed by atoms with Gasteiger partial charge in [0.05, 0.1) is 17.9 Å². The van der Waals surface area contributed by atoms with Crippen LogP contribution < -0.4 is 11.1 Å². The average molecular weight is 261 g/mol. The monoisotopic (exact) mass is 261 g/mol. The van der Waals surface area contributed by atoms with E-state index in [1.807, 2.05) is 13.0 Å². The number of aromatic nitrogens is 1. The van der Waals surface area contributed by atoms with Gasteiger partial charge in [0.1, 0.15) is 5.82 Å². The molecule has 18 heavy (non-hydrogen) atoms. The van der Waals surface area contributed by atoms with Gasteiger partial charge in [0, 0.05) is 4.88 Å². The summed E-state index contributed by atoms with van der Waals surface area (Å²) >= 11 is 1.77. The molecule has 96 valence electrons. The second-order valence-corrected chi connectivity index (χ2v) is 5.79. The van der Waals surface area contributed by atoms with E-state index in [1.54, 1.807) is 17.5 Å². The Hall–Kier alpha value is -1.55. The van der Waals surface area contributed by atoms with Crippen molar-refractivity contribution < 1.29 is 0 Å². The first kappa shape index (κ1) is 12.9. The van der Waals surface area contributed by atoms with Crippen LogP contribution in [0, 0.1) is 12.8 Å². The molecule has 0 aliphatic carbocycles. The number of nitrogens with one attached hydrogen (secondary N) is 1. The van der Waals surface area contributed by atoms with Gasteiger partial charge in [-0.1, -0.05) is 19.9 Å². The second-order valence-electron chi connectivity index (χ2n) is 4.82. The minimum absolute atomic E-state index is 0.292. The number of thiophene rings is 1. The van der Waals surface area contributed by atoms with Crippen LogP contribution in [0.4, 0.5) is 11.5 Å². The molecule has 3 nitrogen and oxygen atoms in total. The lowest BCUT2D eigenvalue weighted by molar-refractivity contribution is 0.552. The average Bonchev–Trinajstić information content (AvgIpc) is 2.80. The third-order valence-electron chi connectivity index (χ3n) is 2.91. The Morgan fingerprint density at radius 2 is 2.17 bits per heavy atom. The van der Waals surface area contributed by atoms with Gasteiger partial charge in [0.25, 0.3) is 0 Å². The van der Waals surface area contributed by atoms with Gasteiger partial charge in [-0.15, -0.1) is 11.3 Å². The maximum absolute atomic E-state index is 5.72. The van der Waals surface area contributed by atoms with Gasteiger partial charge in [0.15, 0.2) is 0 Å². The lowest BCUT2D eigenvalue weighted by Crippen LogP contribution is -2.17. The standard InChI is InChI=1S/C14H19N3S/c1-9(2)13(12-5-4-6-18-12)17-14-10(3)7-11(15)8-16-14/h4-9,13H,15H2,1-3H3,(H,16,17). The predicted octanol–water partition coefficient (Wildman–Crippen LogP) is 3.84. The fourth-order valence-corrected chi connectivity index (χ4v) is 2.88. The highest BCUT2D eigenvalue weighted by molar-refractivity contribution is 7.10. The van der Waals surface area contributed by atoms with Crippen LogP contribution in [0.1, 0.15) is 30.3 Å². The summed E-state index contributed by atoms with van der Waals surface area (Å²) in [5.74, 6) is 1.42. The Morgan fingerprint density at radius 1 is 1.39 bits per heavy atom. The summed E-state index contributed by atoms with van der Waals surface area (Å²) in [6.45, 7) is 6.45. The predicted molar refractivity (Wildman–Crippen MR) is 78.9 cm³/mol. The van der Waals surface area contributed by atoms with E-state index in [9.17, 15) is 0 Å². The molecule has 0 saturated heterocycles. The molecule has 0 fully saturated rings. The molecule has 1 unspecified atom stereocenters. The summed E-state index contributed by atoms with van der Waals surface area (Å²) in [6, 6.07) is 6.48. The summed E-state index contributed by atoms with van der Waals surface area (Å²) in [5, 5.41) is 5.63. The summed E-state index contributed by atoms with van der Waals surface area (Å²) in [7, 11) is 0. The van der Waals surface area contributed by atoms with Crippen molar-refractivity contribution >= 4 is 22.8 Å². The second kappa shape index (κ2) is 5.40. The third-order valence-corrected chi connectivity index (χ3v) is 3.86. The molecule has 0 amide bonds. The van der Waals surface area contributed by atoms with Crippen LogP contribution in [-0.4, -0.2) is 4.98 Å². The van der Waals surface area contributed by atoms with Crippen LogP contribution in [0.2, 0.25) is 0 Å². The molecule has 0 radical (unpaired) electrons. The van der Waals surface area contributed by atoms with Gasteiger partial charge < -0.3 is 11.1 Å². The molecular formula is C14H19N3S. The van der Waals surface area contributed by atoms with E-state index in [2.05, 4.69) is 41.7 Å². The molecule has 0 spiro atoms. The van der Waals surface area contributed by atoms with Crippen molar-refractivity contribution in [2.75, 3.05) is 11.1 Å². The molecule has 0 aromatic carbocycles. The molecule has 0 aliphatic rings. The fourth-order valence-electron chi connectivity index (χ4n) is 1.93. The maximum Gasteiger partial charge on any atom is 0.129 e. The quantitative estimate of drug-likeness (QED) is 0.879. The van der Waals surface area contributed by atoms with Crippen LogP contribution in [0.25, 0.3) is 0 Å². The molecule has 2 rings (SSSR count). The lowest BCUT2D eigenvalue weighted by atomic mass is 10.0. The minimum Gasteiger partial charge on any atom is -0.397 e. The number of hydrogen-bond acceptors (Lipinski definition) is 4. The Morgan fingerprint density at radius 3 is 2.72 bits per heavy atom. The van der Waals surface area contributed by atoms with Gasteiger partial charge in [-0.2, -0.15) is 0 Å². The number of nitrogen functional groups attached to an aromatic ring is 1. The normalized spacial score (nSPS) is 12.7. The van der Waals surface area contributed by atoms with E-state index in [0.29, 0.717) is 17.6 Å². The molecule has 0 aliphatic heterocycles. The highest BCUT2D eigenvalue weighted by Crippen LogP contribution is 2.30. The molecule has 2 heterocycles. The van der Waals surface area contributed by atoms with E-state index < -0.39 is 0 Å². The van der Waals surface area contributed by atoms with Crippen molar-refractivity contribution in [2.45, 2.75) is 26.8 Å². The Labute approximate surface area is 112 Å². The highest BCUT2D eigenvalue weighted by atomic mass is 32.1. The van der Waals surface area contributed by atoms with E-state index in [0.717, 1.165) is 11.4 Å². The largest absolute Gasteiger partial charge is 0.397 e. The van der Waals surface area contributed by atoms with Crippen molar-refractivity contribution in [3.8, 4) is 0 Å². The van der Waals surface area contributed by atoms with Crippen LogP contribution in [-0.2, 0) is 0 Å². The summed E-state index contributed by atoms with van der Waals surface area (Å²) in [4.78, 5) is 5.71. The number of nitrogens with two attached hydrogens (primary N) is 1. The molecule has 0 bridgehead atoms. The molecule has 2 aromatic heterocycles. The first-order chi connectivity index (χ1) is 8.58. The van der Waals surface area contributed by atoms with Crippen LogP contribution in [0.5, 0.6) is 0 Å². The Kier molecular flexibility index (Phi) is 3.87. The molecule has 0 saturated carbocycles. The van der Waals surface area contributed by atoms with Gasteiger partial charge in [-0.05, 0) is 35.9 Å².